The van der Waals surface area contributed by atoms with Gasteiger partial charge in [-0.25, -0.2) is 0 Å². The molecule has 1 aliphatic rings. The Morgan fingerprint density at radius 2 is 1.83 bits per heavy atom. The van der Waals surface area contributed by atoms with Crippen molar-refractivity contribution in [1.29, 1.82) is 0 Å². The number of aromatic nitrogens is 5. The first-order valence-electron chi connectivity index (χ1n) is 12.7. The van der Waals surface area contributed by atoms with Crippen molar-refractivity contribution in [2.75, 3.05) is 5.32 Å². The van der Waals surface area contributed by atoms with Gasteiger partial charge in [-0.2, -0.15) is 5.10 Å². The Morgan fingerprint density at radius 1 is 0.976 bits per heavy atom. The first-order chi connectivity index (χ1) is 19.7. The summed E-state index contributed by atoms with van der Waals surface area (Å²) in [6.07, 6.45) is -0.795. The Bertz CT molecular complexity index is 1500. The third-order valence-corrected chi connectivity index (χ3v) is 7.53. The highest BCUT2D eigenvalue weighted by Gasteiger charge is 2.32. The Kier molecular flexibility index (Phi) is 8.47. The van der Waals surface area contributed by atoms with Crippen LogP contribution in [0.1, 0.15) is 62.9 Å². The van der Waals surface area contributed by atoms with E-state index in [0.717, 1.165) is 41.7 Å². The molecule has 2 unspecified atom stereocenters. The second-order valence-electron chi connectivity index (χ2n) is 9.42. The van der Waals surface area contributed by atoms with Crippen molar-refractivity contribution in [1.82, 2.24) is 30.7 Å². The van der Waals surface area contributed by atoms with E-state index in [4.69, 9.17) is 0 Å². The van der Waals surface area contributed by atoms with Crippen LogP contribution in [0.5, 0.6) is 5.75 Å². The second-order valence-corrected chi connectivity index (χ2v) is 10.4. The number of rotatable bonds is 9. The fourth-order valence-electron chi connectivity index (χ4n) is 4.57. The highest BCUT2D eigenvalue weighted by atomic mass is 32.1. The number of pyridine rings is 1. The summed E-state index contributed by atoms with van der Waals surface area (Å²) in [7, 11) is 0. The number of ether oxygens (including phenoxy) is 1. The van der Waals surface area contributed by atoms with Gasteiger partial charge in [-0.3, -0.25) is 14.6 Å². The highest BCUT2D eigenvalue weighted by Crippen LogP contribution is 2.43. The molecule has 0 saturated heterocycles. The maximum atomic E-state index is 12.5. The van der Waals surface area contributed by atoms with Crippen LogP contribution in [0.4, 0.5) is 19.0 Å². The summed E-state index contributed by atoms with van der Waals surface area (Å²) in [5.74, 6) is -0.614. The molecule has 0 spiro atoms. The number of nitrogens with one attached hydrogen (secondary N) is 2. The molecule has 41 heavy (non-hydrogen) atoms. The summed E-state index contributed by atoms with van der Waals surface area (Å²) in [6.45, 7) is 0.305. The minimum atomic E-state index is -4.81. The quantitative estimate of drug-likeness (QED) is 0.288. The van der Waals surface area contributed by atoms with E-state index < -0.39 is 18.0 Å². The fourth-order valence-corrected chi connectivity index (χ4v) is 5.47. The number of carbonyl (C=O) groups is 2. The van der Waals surface area contributed by atoms with Crippen LogP contribution in [-0.4, -0.2) is 43.6 Å². The van der Waals surface area contributed by atoms with Gasteiger partial charge in [0, 0.05) is 18.0 Å². The zero-order valence-electron chi connectivity index (χ0n) is 21.5. The molecule has 2 N–H and O–H groups in total. The number of benzene rings is 1. The lowest BCUT2D eigenvalue weighted by molar-refractivity contribution is -0.274. The van der Waals surface area contributed by atoms with Crippen LogP contribution < -0.4 is 15.4 Å². The van der Waals surface area contributed by atoms with Crippen LogP contribution in [0.3, 0.4) is 0 Å². The summed E-state index contributed by atoms with van der Waals surface area (Å²) in [5, 5.41) is 23.2. The number of hydrogen-bond donors (Lipinski definition) is 2. The fraction of sp³-hybridized carbons (Fsp3) is 0.296. The molecule has 1 fully saturated rings. The molecule has 1 aliphatic carbocycles. The van der Waals surface area contributed by atoms with Crippen molar-refractivity contribution >= 4 is 29.0 Å². The van der Waals surface area contributed by atoms with Crippen LogP contribution in [0, 0.1) is 0 Å². The SMILES string of the molecule is O=C(Cc1cccc(OC(F)(F)F)c1)Nc1ccc(C2CCC(c3nnc(C(=O)NCc4ccccn4)s3)C2)nn1. The monoisotopic (exact) mass is 583 g/mol. The second kappa shape index (κ2) is 12.4. The molecule has 0 bridgehead atoms. The molecule has 3 heterocycles. The van der Waals surface area contributed by atoms with Gasteiger partial charge in [-0.15, -0.1) is 28.5 Å². The maximum absolute atomic E-state index is 12.5. The molecule has 2 atom stereocenters. The molecule has 0 aliphatic heterocycles. The molecule has 212 valence electrons. The number of anilines is 1. The average Bonchev–Trinajstić information content (AvgIpc) is 3.63. The molecule has 14 heteroatoms. The van der Waals surface area contributed by atoms with Crippen molar-refractivity contribution in [3.8, 4) is 5.75 Å². The Morgan fingerprint density at radius 3 is 2.59 bits per heavy atom. The highest BCUT2D eigenvalue weighted by molar-refractivity contribution is 7.13. The topological polar surface area (TPSA) is 132 Å². The summed E-state index contributed by atoms with van der Waals surface area (Å²) in [4.78, 5) is 29.1. The largest absolute Gasteiger partial charge is 0.573 e. The van der Waals surface area contributed by atoms with Gasteiger partial charge in [-0.1, -0.05) is 29.5 Å². The first-order valence-corrected chi connectivity index (χ1v) is 13.5. The molecule has 3 aromatic heterocycles. The molecule has 10 nitrogen and oxygen atoms in total. The lowest BCUT2D eigenvalue weighted by Crippen LogP contribution is -2.23. The van der Waals surface area contributed by atoms with E-state index in [1.165, 1.54) is 29.5 Å². The normalized spacial score (nSPS) is 16.8. The summed E-state index contributed by atoms with van der Waals surface area (Å²) in [6, 6.07) is 14.2. The number of nitrogens with zero attached hydrogens (tertiary/aromatic N) is 5. The Balaban J connectivity index is 1.11. The molecule has 4 aromatic rings. The van der Waals surface area contributed by atoms with Gasteiger partial charge < -0.3 is 15.4 Å². The number of carbonyl (C=O) groups excluding carboxylic acids is 2. The zero-order chi connectivity index (χ0) is 28.8. The van der Waals surface area contributed by atoms with E-state index in [1.54, 1.807) is 18.3 Å². The van der Waals surface area contributed by atoms with E-state index in [0.29, 0.717) is 17.1 Å². The Hall–Kier alpha value is -4.46. The third kappa shape index (κ3) is 7.81. The molecule has 2 amide bonds. The molecule has 5 rings (SSSR count). The van der Waals surface area contributed by atoms with Crippen LogP contribution >= 0.6 is 11.3 Å². The van der Waals surface area contributed by atoms with Gasteiger partial charge in [0.2, 0.25) is 10.9 Å². The van der Waals surface area contributed by atoms with Crippen LogP contribution in [0.2, 0.25) is 0 Å². The number of alkyl halides is 3. The van der Waals surface area contributed by atoms with Crippen molar-refractivity contribution in [3.05, 3.63) is 87.8 Å². The zero-order valence-corrected chi connectivity index (χ0v) is 22.3. The average molecular weight is 584 g/mol. The van der Waals surface area contributed by atoms with Gasteiger partial charge in [0.05, 0.1) is 24.4 Å². The molecule has 1 aromatic carbocycles. The van der Waals surface area contributed by atoms with Gasteiger partial charge in [0.1, 0.15) is 10.8 Å². The van der Waals surface area contributed by atoms with Gasteiger partial charge in [-0.05, 0) is 61.2 Å². The number of hydrogen-bond acceptors (Lipinski definition) is 9. The maximum Gasteiger partial charge on any atom is 0.573 e. The van der Waals surface area contributed by atoms with Crippen molar-refractivity contribution in [2.45, 2.75) is 50.4 Å². The van der Waals surface area contributed by atoms with E-state index in [-0.39, 0.29) is 30.0 Å². The standard InChI is InChI=1S/C27H24F3N7O3S/c28-27(29,30)40-20-6-3-4-16(12-20)13-23(38)33-22-10-9-21(34-35-22)17-7-8-18(14-17)25-36-37-26(41-25)24(39)32-15-19-5-1-2-11-31-19/h1-6,9-12,17-18H,7-8,13-15H2,(H,32,39)(H,33,35,38). The van der Waals surface area contributed by atoms with Crippen LogP contribution in [0.15, 0.2) is 60.8 Å². The molecule has 0 radical (unpaired) electrons. The van der Waals surface area contributed by atoms with Crippen LogP contribution in [0.25, 0.3) is 0 Å². The van der Waals surface area contributed by atoms with E-state index >= 15 is 0 Å². The van der Waals surface area contributed by atoms with Gasteiger partial charge >= 0.3 is 6.36 Å². The minimum absolute atomic E-state index is 0.138. The van der Waals surface area contributed by atoms with Gasteiger partial charge in [0.15, 0.2) is 5.82 Å². The van der Waals surface area contributed by atoms with Crippen molar-refractivity contribution in [2.24, 2.45) is 0 Å². The Labute approximate surface area is 236 Å². The predicted molar refractivity (Wildman–Crippen MR) is 142 cm³/mol. The third-order valence-electron chi connectivity index (χ3n) is 6.44. The van der Waals surface area contributed by atoms with Crippen molar-refractivity contribution < 1.29 is 27.5 Å². The predicted octanol–water partition coefficient (Wildman–Crippen LogP) is 4.78. The molecular formula is C27H24F3N7O3S. The lowest BCUT2D eigenvalue weighted by atomic mass is 10.0. The molecule has 1 saturated carbocycles. The lowest BCUT2D eigenvalue weighted by Gasteiger charge is -2.11. The van der Waals surface area contributed by atoms with Crippen LogP contribution in [-0.2, 0) is 17.8 Å². The summed E-state index contributed by atoms with van der Waals surface area (Å²) in [5.41, 5.74) is 1.89. The number of amides is 2. The summed E-state index contributed by atoms with van der Waals surface area (Å²) >= 11 is 1.28. The smallest absolute Gasteiger partial charge is 0.406 e. The first kappa shape index (κ1) is 28.1. The minimum Gasteiger partial charge on any atom is -0.406 e. The summed E-state index contributed by atoms with van der Waals surface area (Å²) < 4.78 is 41.2. The molecular weight excluding hydrogens is 559 g/mol. The van der Waals surface area contributed by atoms with E-state index in [9.17, 15) is 22.8 Å². The van der Waals surface area contributed by atoms with E-state index in [2.05, 4.69) is 40.7 Å². The van der Waals surface area contributed by atoms with Gasteiger partial charge in [0.25, 0.3) is 5.91 Å². The van der Waals surface area contributed by atoms with Crippen molar-refractivity contribution in [3.63, 3.8) is 0 Å². The van der Waals surface area contributed by atoms with E-state index in [1.807, 2.05) is 18.2 Å². The number of halogens is 3.